The number of hydrogen-bond acceptors (Lipinski definition) is 3. The number of hydrogen-bond donors (Lipinski definition) is 0. The minimum atomic E-state index is -0.284. The molecule has 3 aliphatic rings. The topological polar surface area (TPSA) is 21.7 Å². The fourth-order valence-electron chi connectivity index (χ4n) is 8.18. The van der Waals surface area contributed by atoms with E-state index < -0.39 is 0 Å². The Labute approximate surface area is 274 Å². The smallest absolute Gasteiger partial charge is 0.261 e. The van der Waals surface area contributed by atoms with Crippen molar-refractivity contribution < 1.29 is 9.47 Å². The van der Waals surface area contributed by atoms with Crippen molar-refractivity contribution in [2.24, 2.45) is 0 Å². The summed E-state index contributed by atoms with van der Waals surface area (Å²) in [4.78, 5) is 2.34. The van der Waals surface area contributed by atoms with Crippen LogP contribution in [0.25, 0.3) is 21.9 Å². The number of nitrogens with zero attached hydrogens (tertiary/aromatic N) is 1. The molecular weight excluding hydrogens is 573 g/mol. The average molecular weight is 604 g/mol. The van der Waals surface area contributed by atoms with Crippen LogP contribution < -0.4 is 30.8 Å². The minimum absolute atomic E-state index is 0.00295. The Bertz CT molecular complexity index is 2360. The van der Waals surface area contributed by atoms with E-state index in [2.05, 4.69) is 164 Å². The zero-order valence-corrected chi connectivity index (χ0v) is 26.2. The highest BCUT2D eigenvalue weighted by Crippen LogP contribution is 2.56. The van der Waals surface area contributed by atoms with Gasteiger partial charge in [0, 0.05) is 33.5 Å². The van der Waals surface area contributed by atoms with E-state index in [1.807, 2.05) is 0 Å². The molecule has 222 valence electrons. The maximum atomic E-state index is 6.97. The van der Waals surface area contributed by atoms with Gasteiger partial charge in [-0.3, -0.25) is 0 Å². The number of benzene rings is 7. The van der Waals surface area contributed by atoms with Gasteiger partial charge in [0.2, 0.25) is 0 Å². The number of anilines is 3. The van der Waals surface area contributed by atoms with Crippen LogP contribution in [0.15, 0.2) is 146 Å². The Balaban J connectivity index is 1.21. The van der Waals surface area contributed by atoms with Crippen LogP contribution in [-0.2, 0) is 5.41 Å². The summed E-state index contributed by atoms with van der Waals surface area (Å²) in [7, 11) is 0. The SMILES string of the molecule is CC1(C)c2cc(N(c3ccccc3)c3ccccc3)ccc2-c2c1cc1c3c2Oc2ccccc2B3c2c(ccc3ccccc23)O1. The molecule has 7 aromatic carbocycles. The van der Waals surface area contributed by atoms with Crippen LogP contribution in [0.5, 0.6) is 23.0 Å². The predicted molar refractivity (Wildman–Crippen MR) is 194 cm³/mol. The van der Waals surface area contributed by atoms with E-state index in [0.29, 0.717) is 0 Å². The fourth-order valence-corrected chi connectivity index (χ4v) is 8.18. The first kappa shape index (κ1) is 26.5. The molecule has 4 heteroatoms. The maximum absolute atomic E-state index is 6.97. The summed E-state index contributed by atoms with van der Waals surface area (Å²) < 4.78 is 13.8. The number of rotatable bonds is 3. The molecule has 0 N–H and O–H groups in total. The molecule has 2 aliphatic heterocycles. The zero-order chi connectivity index (χ0) is 31.3. The van der Waals surface area contributed by atoms with Crippen molar-refractivity contribution in [2.45, 2.75) is 19.3 Å². The van der Waals surface area contributed by atoms with Crippen molar-refractivity contribution in [3.05, 3.63) is 157 Å². The van der Waals surface area contributed by atoms with Crippen molar-refractivity contribution in [3.63, 3.8) is 0 Å². The second-order valence-electron chi connectivity index (χ2n) is 13.3. The Hall–Kier alpha value is -5.74. The first-order valence-corrected chi connectivity index (χ1v) is 16.3. The van der Waals surface area contributed by atoms with E-state index in [0.717, 1.165) is 45.5 Å². The van der Waals surface area contributed by atoms with Crippen LogP contribution in [0.1, 0.15) is 25.0 Å². The third-order valence-corrected chi connectivity index (χ3v) is 10.4. The van der Waals surface area contributed by atoms with Gasteiger partial charge in [0.05, 0.1) is 0 Å². The number of fused-ring (bicyclic) bond motifs is 10. The molecule has 0 radical (unpaired) electrons. The van der Waals surface area contributed by atoms with Gasteiger partial charge in [0.15, 0.2) is 0 Å². The Morgan fingerprint density at radius 3 is 2.02 bits per heavy atom. The highest BCUT2D eigenvalue weighted by atomic mass is 16.5. The van der Waals surface area contributed by atoms with Crippen molar-refractivity contribution in [2.75, 3.05) is 4.90 Å². The summed E-state index contributed by atoms with van der Waals surface area (Å²) >= 11 is 0. The lowest BCUT2D eigenvalue weighted by Crippen LogP contribution is -2.57. The monoisotopic (exact) mass is 603 g/mol. The Morgan fingerprint density at radius 1 is 0.532 bits per heavy atom. The summed E-state index contributed by atoms with van der Waals surface area (Å²) in [6, 6.07) is 51.9. The van der Waals surface area contributed by atoms with Crippen LogP contribution in [0.3, 0.4) is 0 Å². The van der Waals surface area contributed by atoms with Crippen LogP contribution in [0.2, 0.25) is 0 Å². The molecule has 0 unspecified atom stereocenters. The molecule has 0 spiro atoms. The number of ether oxygens (including phenoxy) is 2. The molecule has 0 aromatic heterocycles. The third kappa shape index (κ3) is 3.70. The standard InChI is InChI=1S/C43H30BNO2/c1-43(2)33-25-30(45(28-14-5-3-6-15-28)29-16-7-4-8-17-29)22-23-32(33)39-34(43)26-38-41-42(39)47-36-20-12-11-19-35(36)44(41)40-31-18-10-9-13-27(31)21-24-37(40)46-38/h3-26H,1-2H3. The van der Waals surface area contributed by atoms with Crippen molar-refractivity contribution in [1.82, 2.24) is 0 Å². The van der Waals surface area contributed by atoms with Crippen LogP contribution in [0, 0.1) is 0 Å². The highest BCUT2D eigenvalue weighted by molar-refractivity contribution is 6.99. The molecule has 0 saturated heterocycles. The van der Waals surface area contributed by atoms with E-state index in [-0.39, 0.29) is 12.1 Å². The van der Waals surface area contributed by atoms with Gasteiger partial charge in [0.25, 0.3) is 6.71 Å². The predicted octanol–water partition coefficient (Wildman–Crippen LogP) is 9.34. The lowest BCUT2D eigenvalue weighted by molar-refractivity contribution is 0.463. The summed E-state index contributed by atoms with van der Waals surface area (Å²) in [5.74, 6) is 3.63. The Morgan fingerprint density at radius 2 is 1.23 bits per heavy atom. The molecule has 47 heavy (non-hydrogen) atoms. The van der Waals surface area contributed by atoms with Crippen LogP contribution >= 0.6 is 0 Å². The molecular formula is C43H30BNO2. The normalized spacial score (nSPS) is 14.2. The molecule has 3 nitrogen and oxygen atoms in total. The van der Waals surface area contributed by atoms with E-state index in [1.165, 1.54) is 44.0 Å². The number of para-hydroxylation sites is 3. The van der Waals surface area contributed by atoms with Gasteiger partial charge in [-0.1, -0.05) is 105 Å². The molecule has 10 rings (SSSR count). The van der Waals surface area contributed by atoms with Crippen molar-refractivity contribution >= 4 is 50.9 Å². The van der Waals surface area contributed by atoms with Crippen LogP contribution in [0.4, 0.5) is 17.1 Å². The summed E-state index contributed by atoms with van der Waals surface area (Å²) in [6.07, 6.45) is 0. The molecule has 0 atom stereocenters. The minimum Gasteiger partial charge on any atom is -0.458 e. The van der Waals surface area contributed by atoms with E-state index in [4.69, 9.17) is 9.47 Å². The molecule has 0 saturated carbocycles. The van der Waals surface area contributed by atoms with E-state index in [9.17, 15) is 0 Å². The van der Waals surface area contributed by atoms with Crippen molar-refractivity contribution in [1.29, 1.82) is 0 Å². The van der Waals surface area contributed by atoms with Gasteiger partial charge >= 0.3 is 0 Å². The van der Waals surface area contributed by atoms with Crippen molar-refractivity contribution in [3.8, 4) is 34.1 Å². The largest absolute Gasteiger partial charge is 0.458 e. The van der Waals surface area contributed by atoms with Gasteiger partial charge in [-0.25, -0.2) is 0 Å². The van der Waals surface area contributed by atoms with Gasteiger partial charge in [0.1, 0.15) is 23.0 Å². The third-order valence-electron chi connectivity index (χ3n) is 10.4. The quantitative estimate of drug-likeness (QED) is 0.188. The maximum Gasteiger partial charge on any atom is 0.261 e. The van der Waals surface area contributed by atoms with E-state index in [1.54, 1.807) is 0 Å². The fraction of sp³-hybridized carbons (Fsp3) is 0.0698. The van der Waals surface area contributed by atoms with Gasteiger partial charge in [-0.15, -0.1) is 0 Å². The molecule has 0 bridgehead atoms. The zero-order valence-electron chi connectivity index (χ0n) is 26.2. The van der Waals surface area contributed by atoms with Gasteiger partial charge in [-0.2, -0.15) is 0 Å². The van der Waals surface area contributed by atoms with Crippen LogP contribution in [-0.4, -0.2) is 6.71 Å². The summed E-state index contributed by atoms with van der Waals surface area (Å²) in [5.41, 5.74) is 11.5. The lowest BCUT2D eigenvalue weighted by atomic mass is 9.34. The molecule has 7 aromatic rings. The molecule has 0 amide bonds. The lowest BCUT2D eigenvalue weighted by Gasteiger charge is -2.35. The van der Waals surface area contributed by atoms with Gasteiger partial charge < -0.3 is 14.4 Å². The summed E-state index contributed by atoms with van der Waals surface area (Å²) in [5, 5.41) is 2.43. The first-order valence-electron chi connectivity index (χ1n) is 16.3. The molecule has 0 fully saturated rings. The highest BCUT2D eigenvalue weighted by Gasteiger charge is 2.47. The average Bonchev–Trinajstić information content (AvgIpc) is 3.34. The summed E-state index contributed by atoms with van der Waals surface area (Å²) in [6.45, 7) is 4.66. The second-order valence-corrected chi connectivity index (χ2v) is 13.3. The molecule has 2 heterocycles. The van der Waals surface area contributed by atoms with E-state index >= 15 is 0 Å². The Kier molecular flexibility index (Phi) is 5.43. The second kappa shape index (κ2) is 9.64. The molecule has 1 aliphatic carbocycles. The van der Waals surface area contributed by atoms with Gasteiger partial charge in [-0.05, 0) is 93.0 Å². The first-order chi connectivity index (χ1) is 23.1.